The van der Waals surface area contributed by atoms with Crippen LogP contribution in [0.1, 0.15) is 36.6 Å². The lowest BCUT2D eigenvalue weighted by atomic mass is 10.1. The van der Waals surface area contributed by atoms with Gasteiger partial charge in [-0.3, -0.25) is 14.3 Å². The van der Waals surface area contributed by atoms with Crippen LogP contribution in [0.15, 0.2) is 65.5 Å². The highest BCUT2D eigenvalue weighted by molar-refractivity contribution is 5.81. The number of methoxy groups -OCH3 is 1. The fraction of sp³-hybridized carbons (Fsp3) is 0.296. The monoisotopic (exact) mass is 459 g/mol. The Balaban J connectivity index is 1.82. The van der Waals surface area contributed by atoms with Gasteiger partial charge in [-0.2, -0.15) is 0 Å². The van der Waals surface area contributed by atoms with Gasteiger partial charge in [-0.15, -0.1) is 0 Å². The number of pyridine rings is 1. The number of ether oxygens (including phenoxy) is 2. The molecule has 0 radical (unpaired) electrons. The number of para-hydroxylation sites is 1. The van der Waals surface area contributed by atoms with Crippen LogP contribution in [0.2, 0.25) is 0 Å². The second kappa shape index (κ2) is 10.4. The van der Waals surface area contributed by atoms with Gasteiger partial charge in [0, 0.05) is 0 Å². The molecule has 0 saturated carbocycles. The molecule has 2 aromatic carbocycles. The third-order valence-corrected chi connectivity index (χ3v) is 5.72. The van der Waals surface area contributed by atoms with Gasteiger partial charge in [-0.05, 0) is 54.8 Å². The SMILES string of the molecule is CCCCOC(=O)Cc1cc(C)c2c(=O)n(-c3ccccc3)n(Cc3ccc(OC)cc3)c2n1. The largest absolute Gasteiger partial charge is 0.497 e. The van der Waals surface area contributed by atoms with Gasteiger partial charge < -0.3 is 9.47 Å². The molecule has 7 nitrogen and oxygen atoms in total. The van der Waals surface area contributed by atoms with Gasteiger partial charge in [-0.25, -0.2) is 9.67 Å². The summed E-state index contributed by atoms with van der Waals surface area (Å²) >= 11 is 0. The van der Waals surface area contributed by atoms with Crippen LogP contribution in [0.5, 0.6) is 5.75 Å². The van der Waals surface area contributed by atoms with E-state index in [1.165, 1.54) is 0 Å². The molecule has 0 N–H and O–H groups in total. The highest BCUT2D eigenvalue weighted by Gasteiger charge is 2.20. The zero-order valence-corrected chi connectivity index (χ0v) is 19.8. The van der Waals surface area contributed by atoms with Crippen molar-refractivity contribution in [3.05, 3.63) is 87.8 Å². The number of unbranched alkanes of at least 4 members (excludes halogenated alkanes) is 1. The summed E-state index contributed by atoms with van der Waals surface area (Å²) in [6, 6.07) is 19.0. The minimum absolute atomic E-state index is 0.0632. The normalized spacial score (nSPS) is 11.0. The molecule has 0 amide bonds. The van der Waals surface area contributed by atoms with Gasteiger partial charge in [0.2, 0.25) is 0 Å². The van der Waals surface area contributed by atoms with E-state index in [0.717, 1.165) is 35.4 Å². The van der Waals surface area contributed by atoms with Crippen molar-refractivity contribution in [3.63, 3.8) is 0 Å². The number of aromatic nitrogens is 3. The molecule has 0 aliphatic carbocycles. The molecule has 0 atom stereocenters. The fourth-order valence-corrected chi connectivity index (χ4v) is 3.98. The first kappa shape index (κ1) is 23.3. The summed E-state index contributed by atoms with van der Waals surface area (Å²) in [6.07, 6.45) is 1.85. The Kier molecular flexibility index (Phi) is 7.11. The highest BCUT2D eigenvalue weighted by atomic mass is 16.5. The maximum atomic E-state index is 13.6. The quantitative estimate of drug-likeness (QED) is 0.273. The first-order valence-corrected chi connectivity index (χ1v) is 11.5. The molecular weight excluding hydrogens is 430 g/mol. The molecule has 0 aliphatic rings. The van der Waals surface area contributed by atoms with E-state index in [9.17, 15) is 9.59 Å². The van der Waals surface area contributed by atoms with Gasteiger partial charge in [0.1, 0.15) is 5.75 Å². The number of carbonyl (C=O) groups is 1. The number of hydrogen-bond acceptors (Lipinski definition) is 5. The number of esters is 1. The van der Waals surface area contributed by atoms with Crippen molar-refractivity contribution in [2.75, 3.05) is 13.7 Å². The molecule has 7 heteroatoms. The molecule has 2 aromatic heterocycles. The Bertz CT molecular complexity index is 1340. The number of nitrogens with zero attached hydrogens (tertiary/aromatic N) is 3. The van der Waals surface area contributed by atoms with E-state index in [1.807, 2.05) is 73.1 Å². The minimum Gasteiger partial charge on any atom is -0.497 e. The summed E-state index contributed by atoms with van der Waals surface area (Å²) < 4.78 is 14.1. The smallest absolute Gasteiger partial charge is 0.311 e. The molecule has 4 aromatic rings. The number of benzene rings is 2. The Morgan fingerprint density at radius 3 is 2.47 bits per heavy atom. The van der Waals surface area contributed by atoms with Crippen LogP contribution in [0.4, 0.5) is 0 Å². The highest BCUT2D eigenvalue weighted by Crippen LogP contribution is 2.21. The van der Waals surface area contributed by atoms with E-state index in [-0.39, 0.29) is 17.9 Å². The molecule has 0 bridgehead atoms. The van der Waals surface area contributed by atoms with Crippen molar-refractivity contribution >= 4 is 17.0 Å². The molecule has 4 rings (SSSR count). The number of carbonyl (C=O) groups excluding carboxylic acids is 1. The first-order chi connectivity index (χ1) is 16.5. The molecule has 0 aliphatic heterocycles. The standard InChI is InChI=1S/C27H29N3O4/c1-4-5-15-34-24(31)17-21-16-19(2)25-26(28-21)29(18-20-11-13-23(33-3)14-12-20)30(27(25)32)22-9-7-6-8-10-22/h6-14,16H,4-5,15,17-18H2,1-3H3. The maximum absolute atomic E-state index is 13.6. The zero-order chi connectivity index (χ0) is 24.1. The summed E-state index contributed by atoms with van der Waals surface area (Å²) in [5, 5.41) is 0.542. The Hall–Kier alpha value is -3.87. The van der Waals surface area contributed by atoms with E-state index in [2.05, 4.69) is 0 Å². The summed E-state index contributed by atoms with van der Waals surface area (Å²) in [5.41, 5.74) is 3.51. The maximum Gasteiger partial charge on any atom is 0.311 e. The third-order valence-electron chi connectivity index (χ3n) is 5.72. The Labute approximate surface area is 198 Å². The average Bonchev–Trinajstić information content (AvgIpc) is 3.11. The van der Waals surface area contributed by atoms with Gasteiger partial charge in [0.25, 0.3) is 5.56 Å². The van der Waals surface area contributed by atoms with E-state index in [4.69, 9.17) is 14.5 Å². The molecular formula is C27H29N3O4. The van der Waals surface area contributed by atoms with E-state index in [1.54, 1.807) is 17.9 Å². The molecule has 2 heterocycles. The summed E-state index contributed by atoms with van der Waals surface area (Å²) in [7, 11) is 1.63. The topological polar surface area (TPSA) is 75.4 Å². The second-order valence-electron chi connectivity index (χ2n) is 8.24. The van der Waals surface area contributed by atoms with Crippen molar-refractivity contribution in [3.8, 4) is 11.4 Å². The number of hydrogen-bond donors (Lipinski definition) is 0. The average molecular weight is 460 g/mol. The molecule has 176 valence electrons. The Morgan fingerprint density at radius 1 is 1.06 bits per heavy atom. The Morgan fingerprint density at radius 2 is 1.79 bits per heavy atom. The number of rotatable bonds is 9. The van der Waals surface area contributed by atoms with Gasteiger partial charge in [-0.1, -0.05) is 43.7 Å². The van der Waals surface area contributed by atoms with Crippen LogP contribution in [-0.2, 0) is 22.5 Å². The molecule has 34 heavy (non-hydrogen) atoms. The van der Waals surface area contributed by atoms with Crippen molar-refractivity contribution in [1.29, 1.82) is 0 Å². The van der Waals surface area contributed by atoms with Crippen LogP contribution in [0.3, 0.4) is 0 Å². The summed E-state index contributed by atoms with van der Waals surface area (Å²) in [4.78, 5) is 30.6. The van der Waals surface area contributed by atoms with Crippen LogP contribution < -0.4 is 10.3 Å². The van der Waals surface area contributed by atoms with Crippen LogP contribution in [0, 0.1) is 6.92 Å². The van der Waals surface area contributed by atoms with Gasteiger partial charge >= 0.3 is 5.97 Å². The molecule has 0 fully saturated rings. The van der Waals surface area contributed by atoms with E-state index < -0.39 is 0 Å². The lowest BCUT2D eigenvalue weighted by Crippen LogP contribution is -2.21. The number of aryl methyl sites for hydroxylation is 1. The van der Waals surface area contributed by atoms with Crippen molar-refractivity contribution in [2.45, 2.75) is 39.7 Å². The summed E-state index contributed by atoms with van der Waals surface area (Å²) in [5.74, 6) is 0.450. The van der Waals surface area contributed by atoms with Crippen molar-refractivity contribution in [1.82, 2.24) is 14.3 Å². The lowest BCUT2D eigenvalue weighted by Gasteiger charge is -2.13. The minimum atomic E-state index is -0.314. The van der Waals surface area contributed by atoms with Gasteiger partial charge in [0.05, 0.1) is 43.4 Å². The number of fused-ring (bicyclic) bond motifs is 1. The first-order valence-electron chi connectivity index (χ1n) is 11.5. The zero-order valence-electron chi connectivity index (χ0n) is 19.8. The third kappa shape index (κ3) is 4.88. The van der Waals surface area contributed by atoms with Crippen LogP contribution in [0.25, 0.3) is 16.7 Å². The predicted octanol–water partition coefficient (Wildman–Crippen LogP) is 4.44. The fourth-order valence-electron chi connectivity index (χ4n) is 3.98. The van der Waals surface area contributed by atoms with Crippen molar-refractivity contribution in [2.24, 2.45) is 0 Å². The predicted molar refractivity (Wildman–Crippen MR) is 132 cm³/mol. The van der Waals surface area contributed by atoms with E-state index in [0.29, 0.717) is 29.9 Å². The second-order valence-corrected chi connectivity index (χ2v) is 8.24. The molecule has 0 spiro atoms. The summed E-state index contributed by atoms with van der Waals surface area (Å²) in [6.45, 7) is 4.76. The van der Waals surface area contributed by atoms with E-state index >= 15 is 0 Å². The molecule has 0 unspecified atom stereocenters. The lowest BCUT2D eigenvalue weighted by molar-refractivity contribution is -0.143. The van der Waals surface area contributed by atoms with Crippen molar-refractivity contribution < 1.29 is 14.3 Å². The van der Waals surface area contributed by atoms with Crippen LogP contribution >= 0.6 is 0 Å². The van der Waals surface area contributed by atoms with Crippen LogP contribution in [-0.4, -0.2) is 34.0 Å². The van der Waals surface area contributed by atoms with Gasteiger partial charge in [0.15, 0.2) is 5.65 Å². The molecule has 0 saturated heterocycles.